The number of carbonyl (C=O) groups excluding carboxylic acids is 1. The summed E-state index contributed by atoms with van der Waals surface area (Å²) in [4.78, 5) is 11.7. The molecule has 0 unspecified atom stereocenters. The Balaban J connectivity index is 0. The van der Waals surface area contributed by atoms with E-state index in [1.54, 1.807) is 4.68 Å². The van der Waals surface area contributed by atoms with Gasteiger partial charge < -0.3 is 10.6 Å². The molecule has 1 aromatic heterocycles. The minimum absolute atomic E-state index is 0. The van der Waals surface area contributed by atoms with Crippen molar-refractivity contribution in [3.63, 3.8) is 0 Å². The second-order valence-corrected chi connectivity index (χ2v) is 4.35. The van der Waals surface area contributed by atoms with Crippen LogP contribution in [0.25, 0.3) is 0 Å². The molecule has 0 aliphatic rings. The summed E-state index contributed by atoms with van der Waals surface area (Å²) in [7, 11) is 0. The van der Waals surface area contributed by atoms with Crippen molar-refractivity contribution >= 4 is 30.7 Å². The van der Waals surface area contributed by atoms with E-state index in [-0.39, 0.29) is 30.7 Å². The molecule has 2 N–H and O–H groups in total. The Morgan fingerprint density at radius 1 is 1.42 bits per heavy atom. The van der Waals surface area contributed by atoms with E-state index in [9.17, 15) is 4.79 Å². The highest BCUT2D eigenvalue weighted by molar-refractivity contribution is 5.85. The van der Waals surface area contributed by atoms with Gasteiger partial charge in [0.05, 0.1) is 5.69 Å². The summed E-state index contributed by atoms with van der Waals surface area (Å²) < 4.78 is 1.72. The van der Waals surface area contributed by atoms with Crippen LogP contribution in [0.1, 0.15) is 25.2 Å². The van der Waals surface area contributed by atoms with Crippen molar-refractivity contribution in [2.75, 3.05) is 13.1 Å². The van der Waals surface area contributed by atoms with Crippen molar-refractivity contribution in [3.8, 4) is 0 Å². The summed E-state index contributed by atoms with van der Waals surface area (Å²) in [6.07, 6.45) is 0. The molecule has 112 valence electrons. The Morgan fingerprint density at radius 3 is 2.53 bits per heavy atom. The van der Waals surface area contributed by atoms with Crippen LogP contribution in [0.15, 0.2) is 6.07 Å². The van der Waals surface area contributed by atoms with Gasteiger partial charge in [0.1, 0.15) is 6.54 Å². The number of halogens is 2. The molecule has 0 radical (unpaired) electrons. The normalized spacial score (nSPS) is 11.2. The van der Waals surface area contributed by atoms with E-state index in [2.05, 4.69) is 15.7 Å². The van der Waals surface area contributed by atoms with Gasteiger partial charge in [0.25, 0.3) is 0 Å². The van der Waals surface area contributed by atoms with Gasteiger partial charge in [0.2, 0.25) is 5.91 Å². The maximum absolute atomic E-state index is 11.7. The molecule has 1 heterocycles. The van der Waals surface area contributed by atoms with Crippen LogP contribution in [0, 0.1) is 13.8 Å². The highest BCUT2D eigenvalue weighted by atomic mass is 35.5. The first kappa shape index (κ1) is 20.5. The SMILES string of the molecule is CCN[C@H](C)CNC(=O)Cn1nc(C)cc1C.Cl.Cl. The number of nitrogens with one attached hydrogen (secondary N) is 2. The molecule has 0 aromatic carbocycles. The molecule has 5 nitrogen and oxygen atoms in total. The van der Waals surface area contributed by atoms with Crippen molar-refractivity contribution in [1.82, 2.24) is 20.4 Å². The number of hydrogen-bond acceptors (Lipinski definition) is 3. The van der Waals surface area contributed by atoms with Crippen molar-refractivity contribution in [1.29, 1.82) is 0 Å². The molecule has 0 saturated carbocycles. The fraction of sp³-hybridized carbons (Fsp3) is 0.667. The standard InChI is InChI=1S/C12H22N4O.2ClH/c1-5-13-10(3)7-14-12(17)8-16-11(4)6-9(2)15-16;;/h6,10,13H,5,7-8H2,1-4H3,(H,14,17);2*1H/t10-;;/m1../s1. The van der Waals surface area contributed by atoms with Gasteiger partial charge in [-0.1, -0.05) is 6.92 Å². The quantitative estimate of drug-likeness (QED) is 0.836. The summed E-state index contributed by atoms with van der Waals surface area (Å²) in [5, 5.41) is 10.4. The predicted octanol–water partition coefficient (Wildman–Crippen LogP) is 1.46. The third-order valence-corrected chi connectivity index (χ3v) is 2.55. The lowest BCUT2D eigenvalue weighted by atomic mass is 10.3. The first-order valence-electron chi connectivity index (χ1n) is 6.04. The lowest BCUT2D eigenvalue weighted by Gasteiger charge is -2.13. The first-order valence-corrected chi connectivity index (χ1v) is 6.04. The molecule has 1 aromatic rings. The zero-order valence-electron chi connectivity index (χ0n) is 11.9. The van der Waals surface area contributed by atoms with E-state index in [0.29, 0.717) is 19.1 Å². The average molecular weight is 311 g/mol. The number of aromatic nitrogens is 2. The lowest BCUT2D eigenvalue weighted by molar-refractivity contribution is -0.121. The zero-order chi connectivity index (χ0) is 12.8. The fourth-order valence-corrected chi connectivity index (χ4v) is 1.71. The Bertz CT molecular complexity index is 382. The third-order valence-electron chi connectivity index (χ3n) is 2.55. The number of carbonyl (C=O) groups is 1. The highest BCUT2D eigenvalue weighted by Crippen LogP contribution is 2.00. The van der Waals surface area contributed by atoms with Gasteiger partial charge >= 0.3 is 0 Å². The summed E-state index contributed by atoms with van der Waals surface area (Å²) in [5.41, 5.74) is 1.95. The minimum Gasteiger partial charge on any atom is -0.353 e. The number of nitrogens with zero attached hydrogens (tertiary/aromatic N) is 2. The molecule has 1 atom stereocenters. The Morgan fingerprint density at radius 2 is 2.05 bits per heavy atom. The molecule has 0 aliphatic heterocycles. The van der Waals surface area contributed by atoms with Crippen molar-refractivity contribution < 1.29 is 4.79 Å². The van der Waals surface area contributed by atoms with Crippen LogP contribution < -0.4 is 10.6 Å². The van der Waals surface area contributed by atoms with Crippen LogP contribution in [0.4, 0.5) is 0 Å². The molecule has 0 saturated heterocycles. The van der Waals surface area contributed by atoms with Crippen molar-refractivity contribution in [2.45, 2.75) is 40.3 Å². The summed E-state index contributed by atoms with van der Waals surface area (Å²) in [6.45, 7) is 9.82. The number of aryl methyl sites for hydroxylation is 2. The van der Waals surface area contributed by atoms with Gasteiger partial charge in [-0.15, -0.1) is 24.8 Å². The molecule has 19 heavy (non-hydrogen) atoms. The highest BCUT2D eigenvalue weighted by Gasteiger charge is 2.08. The van der Waals surface area contributed by atoms with E-state index in [1.165, 1.54) is 0 Å². The van der Waals surface area contributed by atoms with Crippen LogP contribution in [-0.4, -0.2) is 34.8 Å². The summed E-state index contributed by atoms with van der Waals surface area (Å²) in [6, 6.07) is 2.26. The van der Waals surface area contributed by atoms with Gasteiger partial charge in [0.15, 0.2) is 0 Å². The van der Waals surface area contributed by atoms with Gasteiger partial charge in [-0.2, -0.15) is 5.10 Å². The molecule has 1 rings (SSSR count). The average Bonchev–Trinajstić information content (AvgIpc) is 2.55. The van der Waals surface area contributed by atoms with Gasteiger partial charge in [-0.05, 0) is 33.4 Å². The Hall–Kier alpha value is -0.780. The molecule has 1 amide bonds. The van der Waals surface area contributed by atoms with Crippen LogP contribution in [0.3, 0.4) is 0 Å². The lowest BCUT2D eigenvalue weighted by Crippen LogP contribution is -2.40. The van der Waals surface area contributed by atoms with E-state index in [4.69, 9.17) is 0 Å². The molecule has 0 fully saturated rings. The van der Waals surface area contributed by atoms with Gasteiger partial charge in [-0.3, -0.25) is 9.48 Å². The smallest absolute Gasteiger partial charge is 0.241 e. The van der Waals surface area contributed by atoms with E-state index in [1.807, 2.05) is 33.8 Å². The van der Waals surface area contributed by atoms with E-state index < -0.39 is 0 Å². The fourth-order valence-electron chi connectivity index (χ4n) is 1.71. The monoisotopic (exact) mass is 310 g/mol. The zero-order valence-corrected chi connectivity index (χ0v) is 13.5. The van der Waals surface area contributed by atoms with Crippen LogP contribution >= 0.6 is 24.8 Å². The predicted molar refractivity (Wildman–Crippen MR) is 82.3 cm³/mol. The number of hydrogen-bond donors (Lipinski definition) is 2. The van der Waals surface area contributed by atoms with Crippen LogP contribution in [-0.2, 0) is 11.3 Å². The van der Waals surface area contributed by atoms with E-state index in [0.717, 1.165) is 17.9 Å². The minimum atomic E-state index is 0. The molecule has 7 heteroatoms. The second-order valence-electron chi connectivity index (χ2n) is 4.35. The molecular weight excluding hydrogens is 287 g/mol. The van der Waals surface area contributed by atoms with E-state index >= 15 is 0 Å². The molecule has 0 spiro atoms. The van der Waals surface area contributed by atoms with Gasteiger partial charge in [0, 0.05) is 18.3 Å². The summed E-state index contributed by atoms with van der Waals surface area (Å²) in [5.74, 6) is 0.000882. The van der Waals surface area contributed by atoms with Crippen molar-refractivity contribution in [3.05, 3.63) is 17.5 Å². The number of amides is 1. The summed E-state index contributed by atoms with van der Waals surface area (Å²) >= 11 is 0. The second kappa shape index (κ2) is 10.1. The first-order chi connectivity index (χ1) is 8.02. The van der Waals surface area contributed by atoms with Crippen molar-refractivity contribution in [2.24, 2.45) is 0 Å². The Labute approximate surface area is 127 Å². The molecule has 0 bridgehead atoms. The maximum atomic E-state index is 11.7. The molecule has 0 aliphatic carbocycles. The topological polar surface area (TPSA) is 58.9 Å². The number of rotatable bonds is 6. The third kappa shape index (κ3) is 7.40. The number of likely N-dealkylation sites (N-methyl/N-ethyl adjacent to an activating group) is 1. The van der Waals surface area contributed by atoms with Crippen LogP contribution in [0.5, 0.6) is 0 Å². The van der Waals surface area contributed by atoms with Gasteiger partial charge in [-0.25, -0.2) is 0 Å². The maximum Gasteiger partial charge on any atom is 0.241 e. The largest absolute Gasteiger partial charge is 0.353 e. The molecular formula is C12H24Cl2N4O. The Kier molecular flexibility index (Phi) is 10.9. The van der Waals surface area contributed by atoms with Crippen LogP contribution in [0.2, 0.25) is 0 Å².